The van der Waals surface area contributed by atoms with E-state index in [1.165, 1.54) is 0 Å². The fraction of sp³-hybridized carbons (Fsp3) is 0.0741. The minimum absolute atomic E-state index is 0.121. The number of fused-ring (bicyclic) bond motifs is 1. The number of nitrogens with one attached hydrogen (secondary N) is 1. The second kappa shape index (κ2) is 8.12. The molecule has 0 unspecified atom stereocenters. The topological polar surface area (TPSA) is 59.8 Å². The predicted molar refractivity (Wildman–Crippen MR) is 128 cm³/mol. The van der Waals surface area contributed by atoms with Crippen LogP contribution in [0, 0.1) is 13.8 Å². The molecule has 1 N–H and O–H groups in total. The molecule has 1 heterocycles. The molecule has 5 aromatic rings. The van der Waals surface area contributed by atoms with Crippen molar-refractivity contribution in [1.29, 1.82) is 0 Å². The van der Waals surface area contributed by atoms with E-state index in [-0.39, 0.29) is 11.7 Å². The average Bonchev–Trinajstić information content (AvgIpc) is 3.25. The Balaban J connectivity index is 1.53. The lowest BCUT2D eigenvalue weighted by atomic mass is 10.1. The van der Waals surface area contributed by atoms with Gasteiger partial charge >= 0.3 is 0 Å². The Morgan fingerprint density at radius 3 is 2.34 bits per heavy atom. The van der Waals surface area contributed by atoms with Gasteiger partial charge < -0.3 is 5.32 Å². The highest BCUT2D eigenvalue weighted by atomic mass is 16.2. The van der Waals surface area contributed by atoms with Gasteiger partial charge in [-0.05, 0) is 54.4 Å². The van der Waals surface area contributed by atoms with Crippen LogP contribution in [0.25, 0.3) is 27.8 Å². The smallest absolute Gasteiger partial charge is 0.295 e. The number of benzene rings is 4. The number of carbonyl (C=O) groups excluding carboxylic acids is 1. The summed E-state index contributed by atoms with van der Waals surface area (Å²) in [5.41, 5.74) is 4.73. The summed E-state index contributed by atoms with van der Waals surface area (Å²) >= 11 is 0. The maximum absolute atomic E-state index is 13.0. The van der Waals surface area contributed by atoms with Crippen LogP contribution in [0.5, 0.6) is 0 Å². The van der Waals surface area contributed by atoms with Gasteiger partial charge in [-0.3, -0.25) is 4.79 Å². The van der Waals surface area contributed by atoms with Gasteiger partial charge in [0.05, 0.1) is 5.69 Å². The minimum atomic E-state index is -0.347. The first kappa shape index (κ1) is 19.7. The van der Waals surface area contributed by atoms with Crippen LogP contribution < -0.4 is 5.32 Å². The van der Waals surface area contributed by atoms with E-state index < -0.39 is 0 Å². The molecule has 1 aromatic heterocycles. The van der Waals surface area contributed by atoms with E-state index in [4.69, 9.17) is 0 Å². The molecule has 5 nitrogen and oxygen atoms in total. The van der Waals surface area contributed by atoms with Gasteiger partial charge in [-0.1, -0.05) is 72.3 Å². The van der Waals surface area contributed by atoms with Gasteiger partial charge in [-0.2, -0.15) is 0 Å². The highest BCUT2D eigenvalue weighted by Gasteiger charge is 2.19. The second-order valence-electron chi connectivity index (χ2n) is 7.89. The number of anilines is 1. The van der Waals surface area contributed by atoms with Crippen molar-refractivity contribution in [3.8, 4) is 17.1 Å². The first-order chi connectivity index (χ1) is 15.6. The Labute approximate surface area is 186 Å². The number of carbonyl (C=O) groups is 1. The molecule has 1 amide bonds. The van der Waals surface area contributed by atoms with Crippen LogP contribution >= 0.6 is 0 Å². The van der Waals surface area contributed by atoms with Crippen LogP contribution in [-0.2, 0) is 0 Å². The van der Waals surface area contributed by atoms with Crippen LogP contribution in [0.4, 0.5) is 5.69 Å². The zero-order chi connectivity index (χ0) is 22.1. The maximum Gasteiger partial charge on any atom is 0.295 e. The van der Waals surface area contributed by atoms with Crippen LogP contribution in [0.2, 0.25) is 0 Å². The third-order valence-electron chi connectivity index (χ3n) is 5.37. The molecule has 0 aliphatic heterocycles. The summed E-state index contributed by atoms with van der Waals surface area (Å²) in [5, 5.41) is 9.69. The molecule has 0 spiro atoms. The lowest BCUT2D eigenvalue weighted by molar-refractivity contribution is 0.101. The summed E-state index contributed by atoms with van der Waals surface area (Å²) in [7, 11) is 0. The van der Waals surface area contributed by atoms with Crippen molar-refractivity contribution in [1.82, 2.24) is 14.8 Å². The molecular weight excluding hydrogens is 396 g/mol. The monoisotopic (exact) mass is 418 g/mol. The highest BCUT2D eigenvalue weighted by Crippen LogP contribution is 2.23. The van der Waals surface area contributed by atoms with Gasteiger partial charge in [0.2, 0.25) is 5.82 Å². The molecule has 32 heavy (non-hydrogen) atoms. The normalized spacial score (nSPS) is 10.9. The number of hydrogen-bond donors (Lipinski definition) is 1. The number of nitrogens with zero attached hydrogens (tertiary/aromatic N) is 3. The summed E-state index contributed by atoms with van der Waals surface area (Å²) in [5.74, 6) is 0.398. The van der Waals surface area contributed by atoms with Crippen molar-refractivity contribution >= 4 is 22.4 Å². The molecule has 0 radical (unpaired) electrons. The fourth-order valence-corrected chi connectivity index (χ4v) is 3.69. The van der Waals surface area contributed by atoms with Crippen molar-refractivity contribution in [2.45, 2.75) is 13.8 Å². The van der Waals surface area contributed by atoms with Crippen molar-refractivity contribution in [2.75, 3.05) is 5.32 Å². The summed E-state index contributed by atoms with van der Waals surface area (Å²) < 4.78 is 1.73. The van der Waals surface area contributed by atoms with Gasteiger partial charge in [0.15, 0.2) is 5.82 Å². The molecule has 0 aliphatic carbocycles. The quantitative estimate of drug-likeness (QED) is 0.392. The molecular formula is C27H22N4O. The van der Waals surface area contributed by atoms with Crippen LogP contribution in [-0.4, -0.2) is 20.7 Å². The molecule has 0 aliphatic rings. The number of aryl methyl sites for hydroxylation is 2. The highest BCUT2D eigenvalue weighted by molar-refractivity contribution is 6.03. The van der Waals surface area contributed by atoms with Crippen molar-refractivity contribution in [2.24, 2.45) is 0 Å². The van der Waals surface area contributed by atoms with E-state index in [0.29, 0.717) is 11.5 Å². The lowest BCUT2D eigenvalue weighted by Crippen LogP contribution is -2.14. The molecule has 0 atom stereocenters. The minimum Gasteiger partial charge on any atom is -0.319 e. The summed E-state index contributed by atoms with van der Waals surface area (Å²) in [6, 6.07) is 29.9. The van der Waals surface area contributed by atoms with Gasteiger partial charge in [0.25, 0.3) is 5.91 Å². The van der Waals surface area contributed by atoms with Gasteiger partial charge in [0.1, 0.15) is 0 Å². The summed E-state index contributed by atoms with van der Waals surface area (Å²) in [6.07, 6.45) is 0. The summed E-state index contributed by atoms with van der Waals surface area (Å²) in [6.45, 7) is 4.07. The molecule has 0 saturated heterocycles. The Morgan fingerprint density at radius 2 is 1.56 bits per heavy atom. The third kappa shape index (κ3) is 3.88. The van der Waals surface area contributed by atoms with Gasteiger partial charge in [0, 0.05) is 11.3 Å². The first-order valence-electron chi connectivity index (χ1n) is 10.5. The van der Waals surface area contributed by atoms with E-state index in [9.17, 15) is 4.79 Å². The van der Waals surface area contributed by atoms with E-state index in [0.717, 1.165) is 33.2 Å². The molecule has 5 rings (SSSR count). The molecule has 5 heteroatoms. The third-order valence-corrected chi connectivity index (χ3v) is 5.37. The number of amides is 1. The Morgan fingerprint density at radius 1 is 0.781 bits per heavy atom. The molecule has 0 fully saturated rings. The zero-order valence-corrected chi connectivity index (χ0v) is 17.9. The van der Waals surface area contributed by atoms with Crippen molar-refractivity contribution in [3.63, 3.8) is 0 Å². The predicted octanol–water partition coefficient (Wildman–Crippen LogP) is 5.96. The van der Waals surface area contributed by atoms with Crippen molar-refractivity contribution in [3.05, 3.63) is 108 Å². The molecule has 156 valence electrons. The summed E-state index contributed by atoms with van der Waals surface area (Å²) in [4.78, 5) is 17.7. The first-order valence-corrected chi connectivity index (χ1v) is 10.5. The number of aromatic nitrogens is 3. The van der Waals surface area contributed by atoms with Gasteiger partial charge in [-0.25, -0.2) is 9.67 Å². The number of rotatable bonds is 4. The van der Waals surface area contributed by atoms with E-state index >= 15 is 0 Å². The van der Waals surface area contributed by atoms with Crippen molar-refractivity contribution < 1.29 is 4.79 Å². The Hall–Kier alpha value is -4.25. The Kier molecular flexibility index (Phi) is 5.00. The zero-order valence-electron chi connectivity index (χ0n) is 17.9. The lowest BCUT2D eigenvalue weighted by Gasteiger charge is -2.07. The molecule has 4 aromatic carbocycles. The maximum atomic E-state index is 13.0. The molecule has 0 bridgehead atoms. The van der Waals surface area contributed by atoms with Crippen LogP contribution in [0.1, 0.15) is 21.7 Å². The van der Waals surface area contributed by atoms with Crippen LogP contribution in [0.3, 0.4) is 0 Å². The van der Waals surface area contributed by atoms with E-state index in [2.05, 4.69) is 15.4 Å². The average molecular weight is 419 g/mol. The number of hydrogen-bond acceptors (Lipinski definition) is 3. The second-order valence-corrected chi connectivity index (χ2v) is 7.89. The van der Waals surface area contributed by atoms with Gasteiger partial charge in [-0.15, -0.1) is 5.10 Å². The Bertz CT molecular complexity index is 1430. The van der Waals surface area contributed by atoms with E-state index in [1.807, 2.05) is 105 Å². The molecule has 0 saturated carbocycles. The van der Waals surface area contributed by atoms with E-state index in [1.54, 1.807) is 4.68 Å². The standard InChI is InChI=1S/C27H22N4O/c1-18-10-12-21(13-11-18)26-29-25(30-31(26)24-9-5-6-19(2)16-24)27(32)28-23-15-14-20-7-3-4-8-22(20)17-23/h3-17H,1-2H3,(H,28,32). The fourth-order valence-electron chi connectivity index (χ4n) is 3.69. The largest absolute Gasteiger partial charge is 0.319 e. The SMILES string of the molecule is Cc1ccc(-c2nc(C(=O)Nc3ccc4ccccc4c3)nn2-c2cccc(C)c2)cc1. The van der Waals surface area contributed by atoms with Crippen LogP contribution in [0.15, 0.2) is 91.0 Å².